The van der Waals surface area contributed by atoms with E-state index in [9.17, 15) is 19.5 Å². The summed E-state index contributed by atoms with van der Waals surface area (Å²) in [7, 11) is 0. The fourth-order valence-electron chi connectivity index (χ4n) is 2.21. The van der Waals surface area contributed by atoms with Gasteiger partial charge in [0.15, 0.2) is 0 Å². The van der Waals surface area contributed by atoms with Crippen LogP contribution in [-0.4, -0.2) is 31.8 Å². The molecular formula is C17H12BrN5O4. The summed E-state index contributed by atoms with van der Waals surface area (Å²) >= 11 is 3.28. The van der Waals surface area contributed by atoms with E-state index in [1.54, 1.807) is 24.3 Å². The molecule has 3 aromatic rings. The molecule has 3 rings (SSSR count). The van der Waals surface area contributed by atoms with Gasteiger partial charge < -0.3 is 5.11 Å². The number of halogens is 1. The topological polar surface area (TPSA) is 129 Å². The van der Waals surface area contributed by atoms with Crippen molar-refractivity contribution in [2.75, 3.05) is 0 Å². The fraction of sp³-hybridized carbons (Fsp3) is 0. The minimum atomic E-state index is -0.840. The molecule has 0 unspecified atom stereocenters. The maximum absolute atomic E-state index is 12.1. The first-order valence-corrected chi connectivity index (χ1v) is 8.34. The quantitative estimate of drug-likeness (QED) is 0.423. The smallest absolute Gasteiger partial charge is 0.335 e. The van der Waals surface area contributed by atoms with Crippen LogP contribution in [0.1, 0.15) is 15.9 Å². The molecule has 1 aromatic carbocycles. The Kier molecular flexibility index (Phi) is 5.27. The van der Waals surface area contributed by atoms with Crippen molar-refractivity contribution in [2.45, 2.75) is 0 Å². The lowest BCUT2D eigenvalue weighted by Gasteiger charge is -2.09. The van der Waals surface area contributed by atoms with Crippen molar-refractivity contribution in [3.05, 3.63) is 85.2 Å². The first kappa shape index (κ1) is 18.3. The molecule has 2 aromatic heterocycles. The van der Waals surface area contributed by atoms with Crippen LogP contribution in [0.3, 0.4) is 0 Å². The number of amides is 1. The molecule has 136 valence electrons. The van der Waals surface area contributed by atoms with Crippen molar-refractivity contribution in [3.8, 4) is 11.6 Å². The van der Waals surface area contributed by atoms with Gasteiger partial charge in [-0.2, -0.15) is 5.10 Å². The van der Waals surface area contributed by atoms with Crippen LogP contribution in [0.25, 0.3) is 5.69 Å². The Morgan fingerprint density at radius 3 is 2.52 bits per heavy atom. The Bertz CT molecular complexity index is 1120. The van der Waals surface area contributed by atoms with Crippen LogP contribution in [0, 0.1) is 0 Å². The highest BCUT2D eigenvalue weighted by Gasteiger charge is 2.14. The summed E-state index contributed by atoms with van der Waals surface area (Å²) in [4.78, 5) is 41.9. The number of aromatic hydroxyl groups is 1. The van der Waals surface area contributed by atoms with Gasteiger partial charge in [-0.05, 0) is 36.4 Å². The number of carbonyl (C=O) groups is 1. The molecule has 3 N–H and O–H groups in total. The molecule has 2 heterocycles. The van der Waals surface area contributed by atoms with Gasteiger partial charge in [-0.3, -0.25) is 19.6 Å². The third-order valence-electron chi connectivity index (χ3n) is 3.51. The normalized spacial score (nSPS) is 10.9. The number of H-pyrrole nitrogens is 1. The minimum Gasteiger partial charge on any atom is -0.493 e. The third-order valence-corrected chi connectivity index (χ3v) is 4.04. The van der Waals surface area contributed by atoms with Crippen LogP contribution >= 0.6 is 15.9 Å². The zero-order valence-corrected chi connectivity index (χ0v) is 15.2. The molecule has 10 heteroatoms. The van der Waals surface area contributed by atoms with E-state index in [2.05, 4.69) is 36.4 Å². The van der Waals surface area contributed by atoms with E-state index in [1.807, 2.05) is 0 Å². The Balaban J connectivity index is 1.93. The lowest BCUT2D eigenvalue weighted by atomic mass is 10.2. The molecule has 0 saturated carbocycles. The number of aromatic amines is 1. The van der Waals surface area contributed by atoms with E-state index in [1.165, 1.54) is 24.5 Å². The van der Waals surface area contributed by atoms with Crippen LogP contribution in [0.5, 0.6) is 5.88 Å². The molecule has 0 fully saturated rings. The molecule has 0 spiro atoms. The Morgan fingerprint density at radius 2 is 1.85 bits per heavy atom. The highest BCUT2D eigenvalue weighted by atomic mass is 79.9. The van der Waals surface area contributed by atoms with Crippen LogP contribution in [0.15, 0.2) is 68.0 Å². The van der Waals surface area contributed by atoms with Crippen molar-refractivity contribution in [3.63, 3.8) is 0 Å². The van der Waals surface area contributed by atoms with Gasteiger partial charge in [0.25, 0.3) is 11.5 Å². The maximum atomic E-state index is 12.1. The monoisotopic (exact) mass is 429 g/mol. The number of pyridine rings is 1. The molecular weight excluding hydrogens is 418 g/mol. The number of hydrogen-bond acceptors (Lipinski definition) is 6. The van der Waals surface area contributed by atoms with E-state index in [0.717, 1.165) is 15.3 Å². The van der Waals surface area contributed by atoms with Gasteiger partial charge in [-0.1, -0.05) is 15.9 Å². The molecule has 9 nitrogen and oxygen atoms in total. The summed E-state index contributed by atoms with van der Waals surface area (Å²) in [5, 5.41) is 14.0. The molecule has 0 aliphatic heterocycles. The number of aromatic nitrogens is 3. The molecule has 1 amide bonds. The van der Waals surface area contributed by atoms with E-state index < -0.39 is 23.0 Å². The zero-order valence-electron chi connectivity index (χ0n) is 13.6. The van der Waals surface area contributed by atoms with Crippen LogP contribution < -0.4 is 16.7 Å². The average Bonchev–Trinajstić information content (AvgIpc) is 2.66. The van der Waals surface area contributed by atoms with Crippen molar-refractivity contribution in [1.82, 2.24) is 20.0 Å². The summed E-state index contributed by atoms with van der Waals surface area (Å²) in [5.41, 5.74) is 0.956. The molecule has 0 bridgehead atoms. The summed E-state index contributed by atoms with van der Waals surface area (Å²) in [6.07, 6.45) is 3.86. The number of hydrogen-bond donors (Lipinski definition) is 3. The van der Waals surface area contributed by atoms with Crippen molar-refractivity contribution >= 4 is 28.1 Å². The summed E-state index contributed by atoms with van der Waals surface area (Å²) < 4.78 is 1.70. The molecule has 27 heavy (non-hydrogen) atoms. The standard InChI is InChI=1S/C17H12BrN5O4/c18-11-1-3-12(4-2-11)23-16(26)13(15(25)21-17(23)27)9-20-22-14(24)10-5-7-19-8-6-10/h1-9,26H,(H,22,24)(H,21,25,27)/b20-9+. The lowest BCUT2D eigenvalue weighted by molar-refractivity contribution is 0.0955. The lowest BCUT2D eigenvalue weighted by Crippen LogP contribution is -2.31. The average molecular weight is 430 g/mol. The van der Waals surface area contributed by atoms with Crippen LogP contribution in [-0.2, 0) is 0 Å². The largest absolute Gasteiger partial charge is 0.493 e. The number of benzene rings is 1. The summed E-state index contributed by atoms with van der Waals surface area (Å²) in [6, 6.07) is 9.49. The zero-order chi connectivity index (χ0) is 19.4. The second-order valence-electron chi connectivity index (χ2n) is 5.24. The van der Waals surface area contributed by atoms with E-state index in [0.29, 0.717) is 11.3 Å². The van der Waals surface area contributed by atoms with Gasteiger partial charge in [-0.25, -0.2) is 14.8 Å². The van der Waals surface area contributed by atoms with Crippen molar-refractivity contribution < 1.29 is 9.90 Å². The predicted octanol–water partition coefficient (Wildman–Crippen LogP) is 1.15. The number of rotatable bonds is 4. The Hall–Kier alpha value is -3.53. The molecule has 0 radical (unpaired) electrons. The third kappa shape index (κ3) is 4.01. The first-order chi connectivity index (χ1) is 13.0. The van der Waals surface area contributed by atoms with Gasteiger partial charge >= 0.3 is 5.69 Å². The van der Waals surface area contributed by atoms with Crippen LogP contribution in [0.4, 0.5) is 0 Å². The minimum absolute atomic E-state index is 0.285. The number of nitrogens with one attached hydrogen (secondary N) is 2. The highest BCUT2D eigenvalue weighted by molar-refractivity contribution is 9.10. The molecule has 0 saturated heterocycles. The summed E-state index contributed by atoms with van der Waals surface area (Å²) in [6.45, 7) is 0. The van der Waals surface area contributed by atoms with Crippen molar-refractivity contribution in [2.24, 2.45) is 5.10 Å². The van der Waals surface area contributed by atoms with E-state index in [4.69, 9.17) is 0 Å². The Labute approximate surface area is 160 Å². The van der Waals surface area contributed by atoms with E-state index in [-0.39, 0.29) is 5.56 Å². The van der Waals surface area contributed by atoms with E-state index >= 15 is 0 Å². The molecule has 0 aliphatic rings. The Morgan fingerprint density at radius 1 is 1.19 bits per heavy atom. The molecule has 0 atom stereocenters. The first-order valence-electron chi connectivity index (χ1n) is 7.55. The SMILES string of the molecule is O=C(N/N=C/c1c(O)n(-c2ccc(Br)cc2)c(=O)[nH]c1=O)c1ccncc1. The van der Waals surface area contributed by atoms with Gasteiger partial charge in [-0.15, -0.1) is 0 Å². The number of carbonyl (C=O) groups excluding carboxylic acids is 1. The fourth-order valence-corrected chi connectivity index (χ4v) is 2.47. The number of nitrogens with zero attached hydrogens (tertiary/aromatic N) is 3. The predicted molar refractivity (Wildman–Crippen MR) is 101 cm³/mol. The van der Waals surface area contributed by atoms with Crippen molar-refractivity contribution in [1.29, 1.82) is 0 Å². The molecule has 0 aliphatic carbocycles. The highest BCUT2D eigenvalue weighted by Crippen LogP contribution is 2.17. The summed E-state index contributed by atoms with van der Waals surface area (Å²) in [5.74, 6) is -1.13. The van der Waals surface area contributed by atoms with Gasteiger partial charge in [0.05, 0.1) is 11.9 Å². The van der Waals surface area contributed by atoms with Crippen LogP contribution in [0.2, 0.25) is 0 Å². The number of hydrazone groups is 1. The maximum Gasteiger partial charge on any atom is 0.335 e. The van der Waals surface area contributed by atoms with Gasteiger partial charge in [0.2, 0.25) is 5.88 Å². The second kappa shape index (κ2) is 7.79. The van der Waals surface area contributed by atoms with Gasteiger partial charge in [0.1, 0.15) is 5.56 Å². The second-order valence-corrected chi connectivity index (χ2v) is 6.16. The van der Waals surface area contributed by atoms with Gasteiger partial charge in [0, 0.05) is 22.4 Å².